The van der Waals surface area contributed by atoms with Crippen molar-refractivity contribution in [1.82, 2.24) is 15.2 Å². The minimum absolute atomic E-state index is 0.138. The van der Waals surface area contributed by atoms with Crippen molar-refractivity contribution in [3.8, 4) is 5.88 Å². The van der Waals surface area contributed by atoms with Gasteiger partial charge in [-0.05, 0) is 18.3 Å². The number of thiocarbonyl (C=S) groups is 1. The lowest BCUT2D eigenvalue weighted by atomic mass is 10.0. The molecule has 8 heteroatoms. The summed E-state index contributed by atoms with van der Waals surface area (Å²) in [5.74, 6) is 0.296. The molecule has 0 radical (unpaired) electrons. The van der Waals surface area contributed by atoms with Gasteiger partial charge in [0.15, 0.2) is 5.11 Å². The van der Waals surface area contributed by atoms with E-state index in [0.29, 0.717) is 29.2 Å². The Balaban J connectivity index is 2.38. The molecule has 1 aromatic rings. The minimum atomic E-state index is -0.275. The summed E-state index contributed by atoms with van der Waals surface area (Å²) >= 11 is 11.3. The van der Waals surface area contributed by atoms with E-state index in [-0.39, 0.29) is 18.4 Å². The molecule has 2 heterocycles. The zero-order valence-corrected chi connectivity index (χ0v) is 13.3. The molecule has 0 aromatic carbocycles. The van der Waals surface area contributed by atoms with Crippen LogP contribution in [0.15, 0.2) is 12.3 Å². The Kier molecular flexibility index (Phi) is 5.33. The fourth-order valence-electron chi connectivity index (χ4n) is 2.25. The first kappa shape index (κ1) is 15.9. The lowest BCUT2D eigenvalue weighted by Crippen LogP contribution is -2.51. The number of nitrogens with zero attached hydrogens (tertiary/aromatic N) is 2. The van der Waals surface area contributed by atoms with E-state index in [1.165, 1.54) is 13.3 Å². The number of rotatable bonds is 5. The molecule has 1 aromatic heterocycles. The molecule has 0 bridgehead atoms. The zero-order chi connectivity index (χ0) is 15.4. The Morgan fingerprint density at radius 2 is 2.33 bits per heavy atom. The first-order valence-corrected chi connectivity index (χ1v) is 7.14. The lowest BCUT2D eigenvalue weighted by Gasteiger charge is -2.37. The first-order chi connectivity index (χ1) is 10.1. The van der Waals surface area contributed by atoms with Gasteiger partial charge in [-0.2, -0.15) is 0 Å². The number of hydrogen-bond donors (Lipinski definition) is 1. The van der Waals surface area contributed by atoms with E-state index in [1.807, 2.05) is 4.90 Å². The molecule has 114 valence electrons. The molecule has 0 aliphatic carbocycles. The number of amides is 1. The van der Waals surface area contributed by atoms with E-state index in [9.17, 15) is 4.79 Å². The quantitative estimate of drug-likeness (QED) is 0.827. The second-order valence-electron chi connectivity index (χ2n) is 4.51. The predicted octanol–water partition coefficient (Wildman–Crippen LogP) is 1.54. The molecular weight excluding hydrogens is 314 g/mol. The van der Waals surface area contributed by atoms with Crippen LogP contribution < -0.4 is 10.1 Å². The molecule has 1 aliphatic heterocycles. The second-order valence-corrected chi connectivity index (χ2v) is 5.33. The molecule has 1 N–H and O–H groups in total. The van der Waals surface area contributed by atoms with Crippen LogP contribution >= 0.6 is 23.8 Å². The van der Waals surface area contributed by atoms with Gasteiger partial charge in [-0.1, -0.05) is 11.6 Å². The molecule has 0 saturated carbocycles. The van der Waals surface area contributed by atoms with Gasteiger partial charge in [0.05, 0.1) is 31.2 Å². The predicted molar refractivity (Wildman–Crippen MR) is 82.5 cm³/mol. The first-order valence-electron chi connectivity index (χ1n) is 6.35. The number of aromatic nitrogens is 1. The highest BCUT2D eigenvalue weighted by molar-refractivity contribution is 7.80. The standard InChI is InChI=1S/C13H16ClN3O3S/c1-19-4-3-17-10(6-11(18)16-13(17)21)9-5-8(14)7-15-12(9)20-2/h5,7,10H,3-4,6H2,1-2H3,(H,16,18,21). The van der Waals surface area contributed by atoms with E-state index < -0.39 is 0 Å². The molecule has 1 amide bonds. The molecule has 1 atom stereocenters. The minimum Gasteiger partial charge on any atom is -0.481 e. The molecule has 1 saturated heterocycles. The van der Waals surface area contributed by atoms with Crippen LogP contribution in [0.1, 0.15) is 18.0 Å². The van der Waals surface area contributed by atoms with Crippen molar-refractivity contribution in [3.63, 3.8) is 0 Å². The fourth-order valence-corrected chi connectivity index (χ4v) is 2.74. The summed E-state index contributed by atoms with van der Waals surface area (Å²) in [5.41, 5.74) is 0.735. The van der Waals surface area contributed by atoms with Crippen molar-refractivity contribution in [2.75, 3.05) is 27.4 Å². The summed E-state index contributed by atoms with van der Waals surface area (Å²) in [4.78, 5) is 17.8. The Bertz CT molecular complexity index is 555. The number of hydrogen-bond acceptors (Lipinski definition) is 5. The summed E-state index contributed by atoms with van der Waals surface area (Å²) in [7, 11) is 3.14. The van der Waals surface area contributed by atoms with Crippen LogP contribution in [-0.2, 0) is 9.53 Å². The topological polar surface area (TPSA) is 63.7 Å². The van der Waals surface area contributed by atoms with Crippen molar-refractivity contribution in [1.29, 1.82) is 0 Å². The van der Waals surface area contributed by atoms with E-state index in [1.54, 1.807) is 13.2 Å². The maximum Gasteiger partial charge on any atom is 0.228 e. The highest BCUT2D eigenvalue weighted by atomic mass is 35.5. The van der Waals surface area contributed by atoms with Gasteiger partial charge in [0.25, 0.3) is 0 Å². The van der Waals surface area contributed by atoms with Gasteiger partial charge >= 0.3 is 0 Å². The molecule has 1 unspecified atom stereocenters. The van der Waals surface area contributed by atoms with Gasteiger partial charge in [0, 0.05) is 25.4 Å². The largest absolute Gasteiger partial charge is 0.481 e. The van der Waals surface area contributed by atoms with Gasteiger partial charge < -0.3 is 19.7 Å². The number of ether oxygens (including phenoxy) is 2. The smallest absolute Gasteiger partial charge is 0.228 e. The van der Waals surface area contributed by atoms with Crippen LogP contribution in [0.2, 0.25) is 5.02 Å². The Morgan fingerprint density at radius 1 is 1.57 bits per heavy atom. The van der Waals surface area contributed by atoms with Gasteiger partial charge in [-0.3, -0.25) is 4.79 Å². The van der Waals surface area contributed by atoms with Gasteiger partial charge in [0.1, 0.15) is 0 Å². The maximum atomic E-state index is 11.8. The van der Waals surface area contributed by atoms with Crippen LogP contribution in [0.4, 0.5) is 0 Å². The molecule has 21 heavy (non-hydrogen) atoms. The highest BCUT2D eigenvalue weighted by Gasteiger charge is 2.33. The van der Waals surface area contributed by atoms with E-state index in [0.717, 1.165) is 5.56 Å². The normalized spacial score (nSPS) is 18.6. The van der Waals surface area contributed by atoms with Crippen molar-refractivity contribution in [3.05, 3.63) is 22.8 Å². The van der Waals surface area contributed by atoms with Crippen molar-refractivity contribution in [2.45, 2.75) is 12.5 Å². The monoisotopic (exact) mass is 329 g/mol. The zero-order valence-electron chi connectivity index (χ0n) is 11.8. The molecule has 0 spiro atoms. The summed E-state index contributed by atoms with van der Waals surface area (Å²) in [6, 6.07) is 1.47. The Labute approximate surface area is 133 Å². The second kappa shape index (κ2) is 7.02. The Morgan fingerprint density at radius 3 is 3.00 bits per heavy atom. The average molecular weight is 330 g/mol. The van der Waals surface area contributed by atoms with Gasteiger partial charge in [-0.25, -0.2) is 4.98 Å². The Hall–Kier alpha value is -1.44. The number of methoxy groups -OCH3 is 2. The molecule has 1 fully saturated rings. The lowest BCUT2D eigenvalue weighted by molar-refractivity contribution is -0.122. The van der Waals surface area contributed by atoms with Gasteiger partial charge in [0.2, 0.25) is 11.8 Å². The van der Waals surface area contributed by atoms with Crippen LogP contribution in [0.3, 0.4) is 0 Å². The van der Waals surface area contributed by atoms with Gasteiger partial charge in [-0.15, -0.1) is 0 Å². The third-order valence-corrected chi connectivity index (χ3v) is 3.74. The van der Waals surface area contributed by atoms with Crippen molar-refractivity contribution >= 4 is 34.8 Å². The summed E-state index contributed by atoms with van der Waals surface area (Å²) in [5, 5.41) is 3.51. The third-order valence-electron chi connectivity index (χ3n) is 3.20. The number of carbonyl (C=O) groups excluding carboxylic acids is 1. The summed E-state index contributed by atoms with van der Waals surface area (Å²) in [6.45, 7) is 1.04. The number of nitrogens with one attached hydrogen (secondary N) is 1. The number of halogens is 1. The van der Waals surface area contributed by atoms with Crippen LogP contribution in [-0.4, -0.2) is 48.3 Å². The third kappa shape index (κ3) is 3.61. The van der Waals surface area contributed by atoms with Crippen LogP contribution in [0.5, 0.6) is 5.88 Å². The van der Waals surface area contributed by atoms with Crippen LogP contribution in [0.25, 0.3) is 0 Å². The average Bonchev–Trinajstić information content (AvgIpc) is 2.45. The van der Waals surface area contributed by atoms with Crippen molar-refractivity contribution in [2.24, 2.45) is 0 Å². The van der Waals surface area contributed by atoms with Crippen LogP contribution in [0, 0.1) is 0 Å². The summed E-state index contributed by atoms with van der Waals surface area (Å²) in [6.07, 6.45) is 1.76. The molecule has 2 rings (SSSR count). The fraction of sp³-hybridized carbons (Fsp3) is 0.462. The van der Waals surface area contributed by atoms with E-state index >= 15 is 0 Å². The van der Waals surface area contributed by atoms with E-state index in [4.69, 9.17) is 33.3 Å². The number of carbonyl (C=O) groups is 1. The molecule has 1 aliphatic rings. The highest BCUT2D eigenvalue weighted by Crippen LogP contribution is 2.34. The SMILES string of the molecule is COCCN1C(=S)NC(=O)CC1c1cc(Cl)cnc1OC. The van der Waals surface area contributed by atoms with Crippen molar-refractivity contribution < 1.29 is 14.3 Å². The molecule has 6 nitrogen and oxygen atoms in total. The molecular formula is C13H16ClN3O3S. The summed E-state index contributed by atoms with van der Waals surface area (Å²) < 4.78 is 10.4. The maximum absolute atomic E-state index is 11.8. The van der Waals surface area contributed by atoms with E-state index in [2.05, 4.69) is 10.3 Å². The number of pyridine rings is 1.